The number of hydrogen-bond donors (Lipinski definition) is 1. The quantitative estimate of drug-likeness (QED) is 0.590. The molecular weight excluding hydrogens is 395 g/mol. The van der Waals surface area contributed by atoms with Crippen molar-refractivity contribution in [2.24, 2.45) is 0 Å². The van der Waals surface area contributed by atoms with Crippen molar-refractivity contribution in [1.29, 1.82) is 0 Å². The Hall–Kier alpha value is -3.26. The molecule has 1 amide bonds. The molecular formula is C21H19FN2O4S. The number of methoxy groups -OCH3 is 1. The maximum absolute atomic E-state index is 13.7. The zero-order valence-electron chi connectivity index (χ0n) is 15.8. The van der Waals surface area contributed by atoms with E-state index >= 15 is 0 Å². The van der Waals surface area contributed by atoms with Crippen LogP contribution in [0.2, 0.25) is 0 Å². The fourth-order valence-corrected chi connectivity index (χ4v) is 3.28. The average Bonchev–Trinajstić information content (AvgIpc) is 3.17. The Balaban J connectivity index is 1.54. The summed E-state index contributed by atoms with van der Waals surface area (Å²) in [7, 11) is 1.36. The Kier molecular flexibility index (Phi) is 6.56. The summed E-state index contributed by atoms with van der Waals surface area (Å²) in [5.74, 6) is -1.61. The highest BCUT2D eigenvalue weighted by Crippen LogP contribution is 2.24. The summed E-state index contributed by atoms with van der Waals surface area (Å²) in [6.45, 7) is 1.47. The monoisotopic (exact) mass is 414 g/mol. The fourth-order valence-electron chi connectivity index (χ4n) is 2.56. The maximum Gasteiger partial charge on any atom is 0.311 e. The third-order valence-electron chi connectivity index (χ3n) is 4.05. The van der Waals surface area contributed by atoms with Crippen LogP contribution in [0.1, 0.15) is 12.5 Å². The second-order valence-corrected chi connectivity index (χ2v) is 7.03. The van der Waals surface area contributed by atoms with E-state index in [0.29, 0.717) is 10.7 Å². The van der Waals surface area contributed by atoms with Crippen LogP contribution in [0.3, 0.4) is 0 Å². The first kappa shape index (κ1) is 20.5. The number of esters is 1. The standard InChI is InChI=1S/C21H19FN2O4S/c1-13(28-19(25)11-14-8-9-18(27-2)16(22)10-14)20(26)24-21-23-17(12-29-21)15-6-4-3-5-7-15/h3-10,12-13H,11H2,1-2H3,(H,23,24,26)/t13-/m0/s1. The number of anilines is 1. The third-order valence-corrected chi connectivity index (χ3v) is 4.80. The predicted molar refractivity (Wildman–Crippen MR) is 108 cm³/mol. The van der Waals surface area contributed by atoms with Crippen molar-refractivity contribution in [2.75, 3.05) is 12.4 Å². The molecule has 150 valence electrons. The topological polar surface area (TPSA) is 77.5 Å². The molecule has 0 unspecified atom stereocenters. The number of hydrogen-bond acceptors (Lipinski definition) is 6. The number of halogens is 1. The van der Waals surface area contributed by atoms with Crippen LogP contribution in [-0.2, 0) is 20.7 Å². The lowest BCUT2D eigenvalue weighted by atomic mass is 10.1. The van der Waals surface area contributed by atoms with Gasteiger partial charge in [-0.3, -0.25) is 14.9 Å². The molecule has 0 bridgehead atoms. The molecule has 6 nitrogen and oxygen atoms in total. The molecule has 0 aliphatic carbocycles. The molecule has 1 aromatic heterocycles. The summed E-state index contributed by atoms with van der Waals surface area (Å²) >= 11 is 1.28. The molecule has 1 N–H and O–H groups in total. The number of nitrogens with zero attached hydrogens (tertiary/aromatic N) is 1. The molecule has 2 aromatic carbocycles. The van der Waals surface area contributed by atoms with Crippen LogP contribution in [0.4, 0.5) is 9.52 Å². The second-order valence-electron chi connectivity index (χ2n) is 6.17. The highest BCUT2D eigenvalue weighted by Gasteiger charge is 2.20. The van der Waals surface area contributed by atoms with Crippen LogP contribution in [-0.4, -0.2) is 30.1 Å². The fraction of sp³-hybridized carbons (Fsp3) is 0.190. The Morgan fingerprint density at radius 3 is 2.66 bits per heavy atom. The Morgan fingerprint density at radius 2 is 1.97 bits per heavy atom. The van der Waals surface area contributed by atoms with Gasteiger partial charge in [-0.05, 0) is 24.6 Å². The van der Waals surface area contributed by atoms with E-state index in [1.807, 2.05) is 35.7 Å². The van der Waals surface area contributed by atoms with Gasteiger partial charge in [-0.2, -0.15) is 0 Å². The minimum Gasteiger partial charge on any atom is -0.494 e. The molecule has 1 atom stereocenters. The van der Waals surface area contributed by atoms with Crippen molar-refractivity contribution in [2.45, 2.75) is 19.4 Å². The Bertz CT molecular complexity index is 1010. The normalized spacial score (nSPS) is 11.6. The van der Waals surface area contributed by atoms with Gasteiger partial charge in [-0.15, -0.1) is 11.3 Å². The summed E-state index contributed by atoms with van der Waals surface area (Å²) < 4.78 is 23.7. The molecule has 3 aromatic rings. The van der Waals surface area contributed by atoms with Crippen LogP contribution >= 0.6 is 11.3 Å². The number of ether oxygens (including phenoxy) is 2. The van der Waals surface area contributed by atoms with Gasteiger partial charge in [0.05, 0.1) is 19.2 Å². The molecule has 0 saturated carbocycles. The highest BCUT2D eigenvalue weighted by molar-refractivity contribution is 7.14. The number of amides is 1. The lowest BCUT2D eigenvalue weighted by Gasteiger charge is -2.12. The zero-order chi connectivity index (χ0) is 20.8. The summed E-state index contributed by atoms with van der Waals surface area (Å²) in [5.41, 5.74) is 2.11. The van der Waals surface area contributed by atoms with Crippen molar-refractivity contribution in [3.8, 4) is 17.0 Å². The van der Waals surface area contributed by atoms with Crippen LogP contribution in [0.15, 0.2) is 53.9 Å². The average molecular weight is 414 g/mol. The maximum atomic E-state index is 13.7. The van der Waals surface area contributed by atoms with E-state index in [9.17, 15) is 14.0 Å². The lowest BCUT2D eigenvalue weighted by Crippen LogP contribution is -2.30. The van der Waals surface area contributed by atoms with Gasteiger partial charge in [0, 0.05) is 10.9 Å². The van der Waals surface area contributed by atoms with Crippen molar-refractivity contribution >= 4 is 28.3 Å². The number of carbonyl (C=O) groups excluding carboxylic acids is 2. The van der Waals surface area contributed by atoms with E-state index in [2.05, 4.69) is 10.3 Å². The van der Waals surface area contributed by atoms with Crippen LogP contribution in [0.25, 0.3) is 11.3 Å². The molecule has 0 saturated heterocycles. The van der Waals surface area contributed by atoms with Crippen molar-refractivity contribution in [1.82, 2.24) is 4.98 Å². The number of nitrogens with one attached hydrogen (secondary N) is 1. The van der Waals surface area contributed by atoms with Crippen LogP contribution in [0.5, 0.6) is 5.75 Å². The van der Waals surface area contributed by atoms with E-state index < -0.39 is 23.8 Å². The number of benzene rings is 2. The molecule has 8 heteroatoms. The lowest BCUT2D eigenvalue weighted by molar-refractivity contribution is -0.152. The van der Waals surface area contributed by atoms with Crippen molar-refractivity contribution < 1.29 is 23.5 Å². The van der Waals surface area contributed by atoms with E-state index in [4.69, 9.17) is 9.47 Å². The third kappa shape index (κ3) is 5.39. The number of carbonyl (C=O) groups is 2. The van der Waals surface area contributed by atoms with E-state index in [0.717, 1.165) is 11.3 Å². The number of aromatic nitrogens is 1. The summed E-state index contributed by atoms with van der Waals surface area (Å²) in [6, 6.07) is 13.8. The van der Waals surface area contributed by atoms with Gasteiger partial charge in [0.1, 0.15) is 0 Å². The van der Waals surface area contributed by atoms with Gasteiger partial charge < -0.3 is 9.47 Å². The van der Waals surface area contributed by atoms with Gasteiger partial charge in [0.2, 0.25) is 0 Å². The molecule has 29 heavy (non-hydrogen) atoms. The van der Waals surface area contributed by atoms with Gasteiger partial charge in [0.25, 0.3) is 5.91 Å². The van der Waals surface area contributed by atoms with Crippen molar-refractivity contribution in [3.63, 3.8) is 0 Å². The highest BCUT2D eigenvalue weighted by atomic mass is 32.1. The number of thiazole rings is 1. The SMILES string of the molecule is COc1ccc(CC(=O)O[C@@H](C)C(=O)Nc2nc(-c3ccccc3)cs2)cc1F. The largest absolute Gasteiger partial charge is 0.494 e. The van der Waals surface area contributed by atoms with Crippen LogP contribution < -0.4 is 10.1 Å². The predicted octanol–water partition coefficient (Wildman–Crippen LogP) is 4.07. The van der Waals surface area contributed by atoms with Gasteiger partial charge >= 0.3 is 5.97 Å². The minimum absolute atomic E-state index is 0.0909. The second kappa shape index (κ2) is 9.29. The molecule has 0 spiro atoms. The summed E-state index contributed by atoms with van der Waals surface area (Å²) in [4.78, 5) is 28.7. The molecule has 0 aliphatic heterocycles. The summed E-state index contributed by atoms with van der Waals surface area (Å²) in [5, 5.41) is 4.88. The van der Waals surface area contributed by atoms with Gasteiger partial charge in [-0.1, -0.05) is 36.4 Å². The van der Waals surface area contributed by atoms with E-state index in [1.165, 1.54) is 37.5 Å². The molecule has 0 radical (unpaired) electrons. The van der Waals surface area contributed by atoms with Crippen LogP contribution in [0, 0.1) is 5.82 Å². The van der Waals surface area contributed by atoms with Crippen molar-refractivity contribution in [3.05, 3.63) is 65.3 Å². The molecule has 3 rings (SSSR count). The first-order chi connectivity index (χ1) is 14.0. The molecule has 0 fully saturated rings. The zero-order valence-corrected chi connectivity index (χ0v) is 16.7. The van der Waals surface area contributed by atoms with E-state index in [-0.39, 0.29) is 12.2 Å². The van der Waals surface area contributed by atoms with Gasteiger partial charge in [0.15, 0.2) is 22.8 Å². The Morgan fingerprint density at radius 1 is 1.21 bits per heavy atom. The first-order valence-electron chi connectivity index (χ1n) is 8.80. The number of rotatable bonds is 7. The first-order valence-corrected chi connectivity index (χ1v) is 9.68. The smallest absolute Gasteiger partial charge is 0.311 e. The minimum atomic E-state index is -1.02. The molecule has 0 aliphatic rings. The van der Waals surface area contributed by atoms with Gasteiger partial charge in [-0.25, -0.2) is 9.37 Å². The van der Waals surface area contributed by atoms with E-state index in [1.54, 1.807) is 6.07 Å². The summed E-state index contributed by atoms with van der Waals surface area (Å²) in [6.07, 6.45) is -1.18. The molecule has 1 heterocycles. The Labute approximate surface area is 171 Å².